The molecule has 15 nitrogen and oxygen atoms in total. The minimum Gasteiger partial charge on any atom is -0.508 e. The van der Waals surface area contributed by atoms with Gasteiger partial charge in [-0.3, -0.25) is 29.3 Å². The predicted molar refractivity (Wildman–Crippen MR) is 234 cm³/mol. The van der Waals surface area contributed by atoms with E-state index in [1.807, 2.05) is 42.5 Å². The zero-order valence-corrected chi connectivity index (χ0v) is 35.8. The zero-order chi connectivity index (χ0) is 44.6. The molecule has 0 aliphatic heterocycles. The van der Waals surface area contributed by atoms with Gasteiger partial charge in [-0.1, -0.05) is 80.9 Å². The predicted octanol–water partition coefficient (Wildman–Crippen LogP) is 2.60. The number of Topliss-reactive ketones (excluding diaryl/α,β-unsaturated/α-hetero) is 1. The molecule has 10 N–H and O–H groups in total. The van der Waals surface area contributed by atoms with Crippen LogP contribution in [0, 0.1) is 5.92 Å². The lowest BCUT2D eigenvalue weighted by atomic mass is 9.99. The fraction of sp³-hybridized carbons (Fsp3) is 0.457. The van der Waals surface area contributed by atoms with Crippen LogP contribution in [-0.2, 0) is 43.2 Å². The molecule has 0 aliphatic rings. The molecule has 8 atom stereocenters. The Morgan fingerprint density at radius 3 is 2.02 bits per heavy atom. The lowest BCUT2D eigenvalue weighted by Crippen LogP contribution is -2.62. The summed E-state index contributed by atoms with van der Waals surface area (Å²) in [5.74, 6) is -2.85. The third kappa shape index (κ3) is 14.0. The highest BCUT2D eigenvalue weighted by Gasteiger charge is 2.36. The van der Waals surface area contributed by atoms with Crippen molar-refractivity contribution in [2.45, 2.75) is 115 Å². The number of nitrogens with one attached hydrogen (secondary N) is 5. The van der Waals surface area contributed by atoms with E-state index in [4.69, 9.17) is 5.73 Å². The van der Waals surface area contributed by atoms with Gasteiger partial charge < -0.3 is 46.9 Å². The van der Waals surface area contributed by atoms with Crippen LogP contribution in [0.15, 0.2) is 85.1 Å². The Hall–Kier alpha value is -5.61. The van der Waals surface area contributed by atoms with Gasteiger partial charge in [0.15, 0.2) is 5.78 Å². The van der Waals surface area contributed by atoms with Crippen molar-refractivity contribution >= 4 is 40.3 Å². The summed E-state index contributed by atoms with van der Waals surface area (Å²) in [6.45, 7) is 6.80. The van der Waals surface area contributed by atoms with E-state index in [9.17, 15) is 39.3 Å². The first-order chi connectivity index (χ1) is 29.1. The fourth-order valence-corrected chi connectivity index (χ4v) is 7.34. The van der Waals surface area contributed by atoms with E-state index < -0.39 is 66.2 Å². The summed E-state index contributed by atoms with van der Waals surface area (Å²) in [4.78, 5) is 73.2. The summed E-state index contributed by atoms with van der Waals surface area (Å²) in [5, 5.41) is 44.3. The molecule has 4 amide bonds. The van der Waals surface area contributed by atoms with Crippen molar-refractivity contribution in [3.8, 4) is 5.75 Å². The first kappa shape index (κ1) is 48.1. The van der Waals surface area contributed by atoms with Gasteiger partial charge in [-0.2, -0.15) is 0 Å². The van der Waals surface area contributed by atoms with E-state index in [1.165, 1.54) is 37.9 Å². The van der Waals surface area contributed by atoms with Gasteiger partial charge in [0.1, 0.15) is 24.1 Å². The Morgan fingerprint density at radius 2 is 1.38 bits per heavy atom. The Kier molecular flexibility index (Phi) is 18.4. The third-order valence-corrected chi connectivity index (χ3v) is 11.1. The minimum atomic E-state index is -1.57. The molecule has 0 bridgehead atoms. The van der Waals surface area contributed by atoms with Crippen LogP contribution in [0.2, 0.25) is 0 Å². The number of aromatic amines is 1. The van der Waals surface area contributed by atoms with E-state index >= 15 is 0 Å². The summed E-state index contributed by atoms with van der Waals surface area (Å²) in [5.41, 5.74) is 8.69. The van der Waals surface area contributed by atoms with Gasteiger partial charge in [-0.05, 0) is 81.0 Å². The van der Waals surface area contributed by atoms with Crippen LogP contribution < -0.4 is 27.0 Å². The van der Waals surface area contributed by atoms with Gasteiger partial charge in [-0.15, -0.1) is 0 Å². The number of ketones is 1. The number of benzene rings is 3. The van der Waals surface area contributed by atoms with Crippen LogP contribution in [0.3, 0.4) is 0 Å². The highest BCUT2D eigenvalue weighted by molar-refractivity contribution is 5.95. The van der Waals surface area contributed by atoms with Crippen molar-refractivity contribution in [1.29, 1.82) is 0 Å². The number of hydrogen-bond donors (Lipinski definition) is 9. The van der Waals surface area contributed by atoms with Crippen LogP contribution >= 0.6 is 0 Å². The highest BCUT2D eigenvalue weighted by atomic mass is 16.3. The standard InChI is InChI=1S/C46H63N7O8/c1-6-40(53(5)46(61)39(25-31-15-8-7-9-16-31)51-45(60)41(30(4)55)52-42(57)28(2)14-12-13-23-47)44(59)50-38(24-32-19-21-34(56)22-20-32)43(58)49-37(29(3)54)26-33-27-48-36-18-11-10-17-35(33)36/h7-11,15-22,27-28,30,37-41,45,48,51,55-56,60H,6,12-14,23-26,47H2,1-5H3,(H,49,58)(H,50,59)(H,52,57)/t28-,30+,37+,38-,39-,40-,41-,45?/m0/s1. The van der Waals surface area contributed by atoms with Crippen LogP contribution in [0.4, 0.5) is 0 Å². The number of carbonyl (C=O) groups is 5. The molecule has 4 rings (SSSR count). The molecule has 0 saturated heterocycles. The smallest absolute Gasteiger partial charge is 0.243 e. The maximum atomic E-state index is 14.4. The van der Waals surface area contributed by atoms with E-state index in [2.05, 4.69) is 26.3 Å². The van der Waals surface area contributed by atoms with Crippen LogP contribution in [0.25, 0.3) is 10.9 Å². The molecule has 0 radical (unpaired) electrons. The Morgan fingerprint density at radius 1 is 0.754 bits per heavy atom. The number of nitrogens with two attached hydrogens (primary N) is 1. The van der Waals surface area contributed by atoms with Crippen molar-refractivity contribution in [3.05, 3.63) is 102 Å². The first-order valence-corrected chi connectivity index (χ1v) is 21.0. The number of aliphatic hydroxyl groups is 2. The number of carbonyl (C=O) groups excluding carboxylic acids is 5. The number of aromatic hydroxyl groups is 1. The van der Waals surface area contributed by atoms with E-state index in [0.29, 0.717) is 18.5 Å². The van der Waals surface area contributed by atoms with Gasteiger partial charge in [0.05, 0.1) is 24.2 Å². The zero-order valence-electron chi connectivity index (χ0n) is 35.8. The number of unbranched alkanes of at least 4 members (excludes halogenated alkanes) is 1. The van der Waals surface area contributed by atoms with E-state index in [1.54, 1.807) is 44.3 Å². The van der Waals surface area contributed by atoms with Crippen LogP contribution in [-0.4, -0.2) is 111 Å². The number of hydrogen-bond acceptors (Lipinski definition) is 10. The molecule has 15 heteroatoms. The molecular weight excluding hydrogens is 779 g/mol. The summed E-state index contributed by atoms with van der Waals surface area (Å²) < 4.78 is 0. The molecule has 1 heterocycles. The number of phenols is 1. The summed E-state index contributed by atoms with van der Waals surface area (Å²) >= 11 is 0. The Balaban J connectivity index is 1.56. The number of likely N-dealkylation sites (N-methyl/N-ethyl adjacent to an activating group) is 1. The molecule has 0 aliphatic carbocycles. The van der Waals surface area contributed by atoms with Crippen molar-refractivity contribution in [2.24, 2.45) is 11.7 Å². The maximum Gasteiger partial charge on any atom is 0.243 e. The average molecular weight is 842 g/mol. The summed E-state index contributed by atoms with van der Waals surface area (Å²) in [7, 11) is 1.46. The van der Waals surface area contributed by atoms with Gasteiger partial charge in [-0.25, -0.2) is 0 Å². The molecule has 0 spiro atoms. The molecule has 0 fully saturated rings. The molecule has 4 aromatic rings. The second-order valence-corrected chi connectivity index (χ2v) is 15.9. The van der Waals surface area contributed by atoms with Gasteiger partial charge in [0, 0.05) is 42.9 Å². The number of aliphatic hydroxyl groups excluding tert-OH is 2. The van der Waals surface area contributed by atoms with Gasteiger partial charge in [0.25, 0.3) is 0 Å². The topological polar surface area (TPSA) is 239 Å². The largest absolute Gasteiger partial charge is 0.508 e. The third-order valence-electron chi connectivity index (χ3n) is 11.1. The van der Waals surface area contributed by atoms with E-state index in [0.717, 1.165) is 34.9 Å². The van der Waals surface area contributed by atoms with Crippen LogP contribution in [0.1, 0.15) is 70.1 Å². The summed E-state index contributed by atoms with van der Waals surface area (Å²) in [6.07, 6.45) is 1.53. The number of H-pyrrole nitrogens is 1. The normalized spacial score (nSPS) is 15.3. The monoisotopic (exact) mass is 841 g/mol. The van der Waals surface area contributed by atoms with Crippen molar-refractivity contribution in [1.82, 2.24) is 31.2 Å². The number of nitrogens with zero attached hydrogens (tertiary/aromatic N) is 1. The highest BCUT2D eigenvalue weighted by Crippen LogP contribution is 2.20. The number of fused-ring (bicyclic) bond motifs is 1. The number of aromatic nitrogens is 1. The summed E-state index contributed by atoms with van der Waals surface area (Å²) in [6, 6.07) is 17.4. The number of rotatable bonds is 24. The van der Waals surface area contributed by atoms with E-state index in [-0.39, 0.29) is 43.1 Å². The Bertz CT molecular complexity index is 2040. The molecule has 1 unspecified atom stereocenters. The molecule has 61 heavy (non-hydrogen) atoms. The second-order valence-electron chi connectivity index (χ2n) is 15.9. The quantitative estimate of drug-likeness (QED) is 0.0369. The van der Waals surface area contributed by atoms with Crippen LogP contribution in [0.5, 0.6) is 5.75 Å². The molecule has 1 aromatic heterocycles. The molecule has 330 valence electrons. The number of amides is 4. The Labute approximate surface area is 357 Å². The van der Waals surface area contributed by atoms with Crippen molar-refractivity contribution in [2.75, 3.05) is 13.6 Å². The average Bonchev–Trinajstić information content (AvgIpc) is 3.65. The lowest BCUT2D eigenvalue weighted by Gasteiger charge is -2.34. The minimum absolute atomic E-state index is 0.00608. The van der Waals surface area contributed by atoms with Gasteiger partial charge >= 0.3 is 0 Å². The molecule has 0 saturated carbocycles. The second kappa shape index (κ2) is 23.4. The van der Waals surface area contributed by atoms with Crippen molar-refractivity contribution in [3.63, 3.8) is 0 Å². The SMILES string of the molecule is CC[C@@H](C(=O)N[C@@H](Cc1ccc(O)cc1)C(=O)N[C@H](Cc1c[nH]c2ccccc12)C(C)=O)N(C)C(=O)[C@H](Cc1ccccc1)NC(O)[C@@H](NC(=O)[C@@H](C)CCCCN)[C@@H](C)O. The fourth-order valence-electron chi connectivity index (χ4n) is 7.34. The van der Waals surface area contributed by atoms with Crippen molar-refractivity contribution < 1.29 is 39.3 Å². The lowest BCUT2D eigenvalue weighted by molar-refractivity contribution is -0.142. The molecule has 3 aromatic carbocycles. The number of phenolic OH excluding ortho intramolecular Hbond substituents is 1. The maximum absolute atomic E-state index is 14.4. The molecular formula is C46H63N7O8. The van der Waals surface area contributed by atoms with Gasteiger partial charge in [0.2, 0.25) is 23.6 Å². The first-order valence-electron chi connectivity index (χ1n) is 21.0. The number of para-hydroxylation sites is 1.